The number of hydrogen-bond donors (Lipinski definition) is 1. The zero-order valence-electron chi connectivity index (χ0n) is 19.4. The van der Waals surface area contributed by atoms with E-state index in [9.17, 15) is 9.59 Å². The standard InChI is InChI=1S/C10H16N2O2.C9H14N2O2/c1-4-6-8-7-9(12(3)11-8)10(13)14-5-2;1-3-5-7-6-8(11-10-7)9(12)13-4-2/h7H,4-6H2,1-3H3;6H,3-5H2,1-2H3,(H,10,11)/i3D3;. The second-order valence-electron chi connectivity index (χ2n) is 5.65. The third-order valence-corrected chi connectivity index (χ3v) is 3.39. The number of aryl methyl sites for hydroxylation is 3. The van der Waals surface area contributed by atoms with Crippen LogP contribution in [0.15, 0.2) is 12.1 Å². The van der Waals surface area contributed by atoms with Gasteiger partial charge in [0, 0.05) is 16.8 Å². The van der Waals surface area contributed by atoms with Gasteiger partial charge >= 0.3 is 11.9 Å². The Kier molecular flexibility index (Phi) is 7.81. The molecular formula is C19H30N4O4. The number of ether oxygens (including phenoxy) is 2. The number of esters is 2. The molecule has 8 nitrogen and oxygen atoms in total. The van der Waals surface area contributed by atoms with E-state index in [2.05, 4.69) is 22.2 Å². The number of H-pyrrole nitrogens is 1. The summed E-state index contributed by atoms with van der Waals surface area (Å²) in [6.07, 6.45) is 3.41. The summed E-state index contributed by atoms with van der Waals surface area (Å²) in [6, 6.07) is 3.22. The normalized spacial score (nSPS) is 12.2. The van der Waals surface area contributed by atoms with Gasteiger partial charge < -0.3 is 9.47 Å². The van der Waals surface area contributed by atoms with E-state index in [0.717, 1.165) is 29.6 Å². The molecule has 0 aliphatic heterocycles. The molecule has 0 bridgehead atoms. The fraction of sp³-hybridized carbons (Fsp3) is 0.579. The van der Waals surface area contributed by atoms with Crippen molar-refractivity contribution in [3.05, 3.63) is 34.9 Å². The lowest BCUT2D eigenvalue weighted by Crippen LogP contribution is -2.10. The largest absolute Gasteiger partial charge is 0.461 e. The number of nitrogens with zero attached hydrogens (tertiary/aromatic N) is 3. The number of carbonyl (C=O) groups is 2. The second-order valence-corrected chi connectivity index (χ2v) is 5.65. The monoisotopic (exact) mass is 381 g/mol. The van der Waals surface area contributed by atoms with Crippen LogP contribution in [0.2, 0.25) is 0 Å². The first-order chi connectivity index (χ1) is 14.2. The van der Waals surface area contributed by atoms with E-state index >= 15 is 0 Å². The number of aromatic nitrogens is 4. The third kappa shape index (κ3) is 7.24. The van der Waals surface area contributed by atoms with Crippen molar-refractivity contribution >= 4 is 11.9 Å². The Labute approximate surface area is 164 Å². The van der Waals surface area contributed by atoms with Gasteiger partial charge in [-0.2, -0.15) is 10.2 Å². The van der Waals surface area contributed by atoms with Gasteiger partial charge in [0.25, 0.3) is 0 Å². The molecule has 0 saturated heterocycles. The van der Waals surface area contributed by atoms with Gasteiger partial charge in [-0.3, -0.25) is 9.78 Å². The minimum absolute atomic E-state index is 0.0182. The Hall–Kier alpha value is -2.64. The van der Waals surface area contributed by atoms with Crippen molar-refractivity contribution in [3.8, 4) is 0 Å². The Balaban J connectivity index is 0.000000311. The molecule has 150 valence electrons. The molecule has 1 N–H and O–H groups in total. The van der Waals surface area contributed by atoms with Crippen LogP contribution in [0, 0.1) is 0 Å². The Morgan fingerprint density at radius 2 is 1.74 bits per heavy atom. The van der Waals surface area contributed by atoms with Gasteiger partial charge in [-0.1, -0.05) is 26.7 Å². The molecule has 0 atom stereocenters. The summed E-state index contributed by atoms with van der Waals surface area (Å²) in [7, 11) is 0. The van der Waals surface area contributed by atoms with Gasteiger partial charge in [-0.15, -0.1) is 0 Å². The van der Waals surface area contributed by atoms with E-state index < -0.39 is 12.9 Å². The summed E-state index contributed by atoms with van der Waals surface area (Å²) >= 11 is 0. The molecule has 0 amide bonds. The smallest absolute Gasteiger partial charge is 0.358 e. The highest BCUT2D eigenvalue weighted by Crippen LogP contribution is 2.07. The highest BCUT2D eigenvalue weighted by Gasteiger charge is 2.13. The molecule has 2 aromatic rings. The van der Waals surface area contributed by atoms with Gasteiger partial charge in [0.05, 0.1) is 18.9 Å². The summed E-state index contributed by atoms with van der Waals surface area (Å²) in [4.78, 5) is 22.8. The fourth-order valence-electron chi connectivity index (χ4n) is 2.23. The summed E-state index contributed by atoms with van der Waals surface area (Å²) in [5, 5.41) is 10.6. The maximum atomic E-state index is 11.6. The molecule has 8 heteroatoms. The number of hydrogen-bond acceptors (Lipinski definition) is 6. The van der Waals surface area contributed by atoms with Crippen LogP contribution in [0.3, 0.4) is 0 Å². The van der Waals surface area contributed by atoms with Crippen molar-refractivity contribution in [2.24, 2.45) is 6.98 Å². The quantitative estimate of drug-likeness (QED) is 0.706. The first-order valence-electron chi connectivity index (χ1n) is 10.7. The van der Waals surface area contributed by atoms with E-state index in [1.807, 2.05) is 6.92 Å². The minimum Gasteiger partial charge on any atom is -0.461 e. The fourth-order valence-corrected chi connectivity index (χ4v) is 2.23. The zero-order chi connectivity index (χ0) is 22.7. The average molecular weight is 381 g/mol. The summed E-state index contributed by atoms with van der Waals surface area (Å²) in [5.41, 5.74) is 1.91. The summed E-state index contributed by atoms with van der Waals surface area (Å²) in [5.74, 6) is -1.01. The van der Waals surface area contributed by atoms with Crippen molar-refractivity contribution < 1.29 is 23.2 Å². The summed E-state index contributed by atoms with van der Waals surface area (Å²) < 4.78 is 32.3. The van der Waals surface area contributed by atoms with Crippen molar-refractivity contribution in [3.63, 3.8) is 0 Å². The van der Waals surface area contributed by atoms with Gasteiger partial charge in [-0.05, 0) is 38.8 Å². The predicted octanol–water partition coefficient (Wildman–Crippen LogP) is 3.09. The molecule has 0 radical (unpaired) electrons. The molecule has 0 aliphatic carbocycles. The van der Waals surface area contributed by atoms with Crippen LogP contribution in [-0.4, -0.2) is 45.1 Å². The van der Waals surface area contributed by atoms with Gasteiger partial charge in [0.1, 0.15) is 5.69 Å². The SMILES string of the molecule is CCCc1cc(C(=O)OCC)n[nH]1.[2H]C([2H])([2H])n1nc(CCC)cc1C(=O)OCC. The van der Waals surface area contributed by atoms with E-state index in [4.69, 9.17) is 13.6 Å². The maximum absolute atomic E-state index is 11.6. The van der Waals surface area contributed by atoms with Crippen LogP contribution in [0.4, 0.5) is 0 Å². The molecular weight excluding hydrogens is 348 g/mol. The van der Waals surface area contributed by atoms with Crippen LogP contribution < -0.4 is 0 Å². The second kappa shape index (κ2) is 11.9. The lowest BCUT2D eigenvalue weighted by molar-refractivity contribution is 0.0506. The van der Waals surface area contributed by atoms with E-state index in [-0.39, 0.29) is 18.3 Å². The van der Waals surface area contributed by atoms with Crippen LogP contribution in [0.1, 0.15) is 77.0 Å². The van der Waals surface area contributed by atoms with E-state index in [0.29, 0.717) is 24.4 Å². The van der Waals surface area contributed by atoms with Crippen LogP contribution in [0.25, 0.3) is 0 Å². The Morgan fingerprint density at radius 3 is 2.33 bits per heavy atom. The molecule has 0 aromatic carbocycles. The van der Waals surface area contributed by atoms with Gasteiger partial charge in [0.15, 0.2) is 5.69 Å². The number of nitrogens with one attached hydrogen (secondary N) is 1. The minimum atomic E-state index is -2.46. The van der Waals surface area contributed by atoms with Crippen LogP contribution >= 0.6 is 0 Å². The average Bonchev–Trinajstić information content (AvgIpc) is 3.30. The molecule has 2 aromatic heterocycles. The summed E-state index contributed by atoms with van der Waals surface area (Å²) in [6.45, 7) is 5.60. The molecule has 0 saturated carbocycles. The molecule has 0 unspecified atom stereocenters. The lowest BCUT2D eigenvalue weighted by Gasteiger charge is -2.00. The highest BCUT2D eigenvalue weighted by atomic mass is 16.5. The first kappa shape index (κ1) is 17.8. The van der Waals surface area contributed by atoms with E-state index in [1.54, 1.807) is 19.9 Å². The Morgan fingerprint density at radius 1 is 1.07 bits per heavy atom. The molecule has 0 aliphatic rings. The van der Waals surface area contributed by atoms with Gasteiger partial charge in [-0.25, -0.2) is 9.59 Å². The van der Waals surface area contributed by atoms with Crippen molar-refractivity contribution in [1.29, 1.82) is 0 Å². The molecule has 0 fully saturated rings. The Bertz CT molecular complexity index is 815. The highest BCUT2D eigenvalue weighted by molar-refractivity contribution is 5.87. The first-order valence-corrected chi connectivity index (χ1v) is 9.15. The molecule has 2 rings (SSSR count). The third-order valence-electron chi connectivity index (χ3n) is 3.39. The van der Waals surface area contributed by atoms with Crippen molar-refractivity contribution in [1.82, 2.24) is 20.0 Å². The lowest BCUT2D eigenvalue weighted by atomic mass is 10.2. The van der Waals surface area contributed by atoms with Crippen molar-refractivity contribution in [2.45, 2.75) is 53.4 Å². The number of carbonyl (C=O) groups excluding carboxylic acids is 2. The van der Waals surface area contributed by atoms with Crippen LogP contribution in [-0.2, 0) is 29.3 Å². The maximum Gasteiger partial charge on any atom is 0.358 e. The predicted molar refractivity (Wildman–Crippen MR) is 102 cm³/mol. The zero-order valence-corrected chi connectivity index (χ0v) is 16.4. The topological polar surface area (TPSA) is 99.1 Å². The molecule has 2 heterocycles. The number of aromatic amines is 1. The van der Waals surface area contributed by atoms with Crippen LogP contribution in [0.5, 0.6) is 0 Å². The molecule has 27 heavy (non-hydrogen) atoms. The molecule has 0 spiro atoms. The number of rotatable bonds is 8. The van der Waals surface area contributed by atoms with Crippen molar-refractivity contribution in [2.75, 3.05) is 13.2 Å². The van der Waals surface area contributed by atoms with E-state index in [1.165, 1.54) is 6.07 Å². The van der Waals surface area contributed by atoms with Gasteiger partial charge in [0.2, 0.25) is 0 Å².